The maximum atomic E-state index is 13.1. The van der Waals surface area contributed by atoms with Crippen molar-refractivity contribution in [2.75, 3.05) is 11.8 Å². The molecule has 0 aliphatic rings. The van der Waals surface area contributed by atoms with Crippen molar-refractivity contribution in [1.29, 1.82) is 0 Å². The Morgan fingerprint density at radius 3 is 2.53 bits per heavy atom. The Hall–Kier alpha value is -3.31. The monoisotopic (exact) mass is 449 g/mol. The molecule has 30 heavy (non-hydrogen) atoms. The summed E-state index contributed by atoms with van der Waals surface area (Å²) in [7, 11) is -2.83. The Morgan fingerprint density at radius 2 is 1.90 bits per heavy atom. The van der Waals surface area contributed by atoms with Gasteiger partial charge in [-0.05, 0) is 48.0 Å². The molecule has 8 nitrogen and oxygen atoms in total. The van der Waals surface area contributed by atoms with Crippen molar-refractivity contribution in [3.63, 3.8) is 0 Å². The van der Waals surface area contributed by atoms with Crippen LogP contribution in [0.15, 0.2) is 59.1 Å². The number of rotatable bonds is 7. The Balaban J connectivity index is 1.86. The Morgan fingerprint density at radius 1 is 1.17 bits per heavy atom. The van der Waals surface area contributed by atoms with Crippen molar-refractivity contribution in [2.45, 2.75) is 11.4 Å². The highest BCUT2D eigenvalue weighted by Crippen LogP contribution is 2.21. The maximum absolute atomic E-state index is 13.1. The van der Waals surface area contributed by atoms with E-state index in [1.807, 2.05) is 0 Å². The summed E-state index contributed by atoms with van der Waals surface area (Å²) in [6.45, 7) is 0.0346. The van der Waals surface area contributed by atoms with E-state index in [9.17, 15) is 22.4 Å². The van der Waals surface area contributed by atoms with Crippen molar-refractivity contribution in [3.8, 4) is 0 Å². The molecule has 0 saturated carbocycles. The lowest BCUT2D eigenvalue weighted by molar-refractivity contribution is 0.0600. The molecule has 0 aliphatic carbocycles. The molecule has 1 amide bonds. The molecule has 0 spiro atoms. The molecule has 2 aromatic carbocycles. The minimum atomic E-state index is -4.03. The molecule has 1 aromatic heterocycles. The molecular weight excluding hydrogens is 433 g/mol. The topological polar surface area (TPSA) is 114 Å². The van der Waals surface area contributed by atoms with Crippen LogP contribution in [0.1, 0.15) is 25.6 Å². The molecule has 3 aromatic rings. The first-order valence-corrected chi connectivity index (χ1v) is 10.8. The molecule has 0 atom stereocenters. The molecule has 1 heterocycles. The third-order valence-corrected chi connectivity index (χ3v) is 6.07. The number of benzene rings is 2. The van der Waals surface area contributed by atoms with Gasteiger partial charge in [0.25, 0.3) is 15.9 Å². The summed E-state index contributed by atoms with van der Waals surface area (Å²) in [5.74, 6) is -1.59. The Kier molecular flexibility index (Phi) is 6.43. The molecule has 0 aliphatic heterocycles. The number of anilines is 1. The van der Waals surface area contributed by atoms with Gasteiger partial charge in [-0.3, -0.25) is 14.5 Å². The number of aromatic nitrogens is 1. The number of amides is 1. The molecule has 0 saturated heterocycles. The van der Waals surface area contributed by atoms with Gasteiger partial charge in [0, 0.05) is 6.54 Å². The van der Waals surface area contributed by atoms with Gasteiger partial charge in [0.1, 0.15) is 10.7 Å². The molecule has 0 radical (unpaired) electrons. The Bertz CT molecular complexity index is 1160. The number of thiazole rings is 1. The van der Waals surface area contributed by atoms with Crippen molar-refractivity contribution in [1.82, 2.24) is 10.3 Å². The molecule has 156 valence electrons. The summed E-state index contributed by atoms with van der Waals surface area (Å²) in [5.41, 5.74) is 2.17. The van der Waals surface area contributed by atoms with Crippen LogP contribution < -0.4 is 10.0 Å². The summed E-state index contributed by atoms with van der Waals surface area (Å²) < 4.78 is 45.3. The van der Waals surface area contributed by atoms with Crippen molar-refractivity contribution < 1.29 is 27.1 Å². The highest BCUT2D eigenvalue weighted by Gasteiger charge is 2.17. The first kappa shape index (κ1) is 21.4. The predicted molar refractivity (Wildman–Crippen MR) is 108 cm³/mol. The largest absolute Gasteiger partial charge is 0.465 e. The van der Waals surface area contributed by atoms with Gasteiger partial charge >= 0.3 is 5.97 Å². The fourth-order valence-corrected chi connectivity index (χ4v) is 4.09. The van der Waals surface area contributed by atoms with Gasteiger partial charge in [-0.2, -0.15) is 0 Å². The van der Waals surface area contributed by atoms with Crippen LogP contribution in [0.3, 0.4) is 0 Å². The second kappa shape index (κ2) is 9.01. The number of nitrogens with one attached hydrogen (secondary N) is 2. The summed E-state index contributed by atoms with van der Waals surface area (Å²) in [6.07, 6.45) is 1.42. The van der Waals surface area contributed by atoms with E-state index < -0.39 is 21.8 Å². The van der Waals surface area contributed by atoms with E-state index in [2.05, 4.69) is 15.0 Å². The fourth-order valence-electron chi connectivity index (χ4n) is 2.51. The van der Waals surface area contributed by atoms with E-state index in [-0.39, 0.29) is 28.6 Å². The molecular formula is C19H16FN3O5S2. The second-order valence-electron chi connectivity index (χ2n) is 6.02. The van der Waals surface area contributed by atoms with Crippen molar-refractivity contribution in [3.05, 3.63) is 76.0 Å². The average Bonchev–Trinajstić information content (AvgIpc) is 3.26. The van der Waals surface area contributed by atoms with Gasteiger partial charge in [0.05, 0.1) is 35.0 Å². The number of hydrogen-bond acceptors (Lipinski definition) is 7. The molecule has 0 unspecified atom stereocenters. The zero-order valence-corrected chi connectivity index (χ0v) is 17.2. The van der Waals surface area contributed by atoms with Gasteiger partial charge in [-0.1, -0.05) is 0 Å². The third kappa shape index (κ3) is 5.19. The molecule has 0 bridgehead atoms. The lowest BCUT2D eigenvalue weighted by Crippen LogP contribution is -2.22. The molecule has 11 heteroatoms. The van der Waals surface area contributed by atoms with E-state index in [4.69, 9.17) is 4.74 Å². The highest BCUT2D eigenvalue weighted by molar-refractivity contribution is 7.92. The maximum Gasteiger partial charge on any atom is 0.337 e. The van der Waals surface area contributed by atoms with Crippen LogP contribution >= 0.6 is 11.3 Å². The van der Waals surface area contributed by atoms with Crippen LogP contribution in [0.25, 0.3) is 0 Å². The van der Waals surface area contributed by atoms with Gasteiger partial charge < -0.3 is 10.1 Å². The number of halogens is 1. The van der Waals surface area contributed by atoms with Gasteiger partial charge in [0.2, 0.25) is 0 Å². The van der Waals surface area contributed by atoms with E-state index in [0.717, 1.165) is 24.3 Å². The average molecular weight is 449 g/mol. The number of carbonyl (C=O) groups excluding carboxylic acids is 2. The summed E-state index contributed by atoms with van der Waals surface area (Å²) >= 11 is 1.17. The van der Waals surface area contributed by atoms with Crippen molar-refractivity contribution in [2.24, 2.45) is 0 Å². The number of ether oxygens (including phenoxy) is 1. The number of esters is 1. The lowest BCUT2D eigenvalue weighted by atomic mass is 10.1. The first-order chi connectivity index (χ1) is 14.3. The zero-order chi connectivity index (χ0) is 21.7. The fraction of sp³-hybridized carbons (Fsp3) is 0.105. The van der Waals surface area contributed by atoms with Crippen LogP contribution in [0.2, 0.25) is 0 Å². The smallest absolute Gasteiger partial charge is 0.337 e. The van der Waals surface area contributed by atoms with E-state index in [0.29, 0.717) is 10.4 Å². The Labute approximate surface area is 175 Å². The second-order valence-corrected chi connectivity index (χ2v) is 8.59. The molecule has 3 rings (SSSR count). The van der Waals surface area contributed by atoms with Crippen LogP contribution in [0.4, 0.5) is 10.1 Å². The highest BCUT2D eigenvalue weighted by atomic mass is 32.2. The number of methoxy groups -OCH3 is 1. The van der Waals surface area contributed by atoms with Crippen LogP contribution in [-0.2, 0) is 21.3 Å². The number of nitrogens with zero attached hydrogens (tertiary/aromatic N) is 1. The van der Waals surface area contributed by atoms with Gasteiger partial charge in [-0.25, -0.2) is 17.6 Å². The summed E-state index contributed by atoms with van der Waals surface area (Å²) in [4.78, 5) is 28.2. The SMILES string of the molecule is COC(=O)c1cc(CNC(=O)c2cncs2)cc(NS(=O)(=O)c2ccc(F)cc2)c1. The van der Waals surface area contributed by atoms with Crippen molar-refractivity contribution >= 4 is 38.9 Å². The van der Waals surface area contributed by atoms with Gasteiger partial charge in [-0.15, -0.1) is 11.3 Å². The van der Waals surface area contributed by atoms with Gasteiger partial charge in [0.15, 0.2) is 0 Å². The zero-order valence-electron chi connectivity index (χ0n) is 15.6. The standard InChI is InChI=1S/C19H16FN3O5S2/c1-28-19(25)13-6-12(9-22-18(24)17-10-21-11-29-17)7-15(8-13)23-30(26,27)16-4-2-14(20)3-5-16/h2-8,10-11,23H,9H2,1H3,(H,22,24). The minimum absolute atomic E-state index is 0.0346. The third-order valence-electron chi connectivity index (χ3n) is 3.90. The van der Waals surface area contributed by atoms with E-state index >= 15 is 0 Å². The number of hydrogen-bond donors (Lipinski definition) is 2. The van der Waals surface area contributed by atoms with Crippen LogP contribution in [-0.4, -0.2) is 32.4 Å². The number of carbonyl (C=O) groups is 2. The van der Waals surface area contributed by atoms with Crippen LogP contribution in [0.5, 0.6) is 0 Å². The molecule has 0 fully saturated rings. The predicted octanol–water partition coefficient (Wildman–Crippen LogP) is 2.80. The molecule has 2 N–H and O–H groups in total. The summed E-state index contributed by atoms with van der Waals surface area (Å²) in [5, 5.41) is 2.67. The summed E-state index contributed by atoms with van der Waals surface area (Å²) in [6, 6.07) is 8.56. The number of sulfonamides is 1. The first-order valence-electron chi connectivity index (χ1n) is 8.46. The minimum Gasteiger partial charge on any atom is -0.465 e. The van der Waals surface area contributed by atoms with E-state index in [1.54, 1.807) is 0 Å². The van der Waals surface area contributed by atoms with Crippen LogP contribution in [0, 0.1) is 5.82 Å². The quantitative estimate of drug-likeness (QED) is 0.536. The van der Waals surface area contributed by atoms with E-state index in [1.165, 1.54) is 48.4 Å². The lowest BCUT2D eigenvalue weighted by Gasteiger charge is -2.12. The normalized spacial score (nSPS) is 11.0.